The topological polar surface area (TPSA) is 99.8 Å². The summed E-state index contributed by atoms with van der Waals surface area (Å²) in [5.74, 6) is -2.78. The van der Waals surface area contributed by atoms with Crippen molar-refractivity contribution in [2.45, 2.75) is 32.6 Å². The van der Waals surface area contributed by atoms with E-state index < -0.39 is 24.2 Å². The number of benzene rings is 1. The average Bonchev–Trinajstić information content (AvgIpc) is 3.03. The molecule has 0 aliphatic carbocycles. The number of furan rings is 1. The third kappa shape index (κ3) is 6.74. The fraction of sp³-hybridized carbons (Fsp3) is 0.294. The maximum atomic E-state index is 13.5. The van der Waals surface area contributed by atoms with Gasteiger partial charge in [-0.05, 0) is 37.6 Å². The normalized spacial score (nSPS) is 12.1. The van der Waals surface area contributed by atoms with Crippen molar-refractivity contribution in [3.05, 3.63) is 47.5 Å². The zero-order valence-electron chi connectivity index (χ0n) is 14.3. The highest BCUT2D eigenvalue weighted by Crippen LogP contribution is 2.26. The summed E-state index contributed by atoms with van der Waals surface area (Å²) >= 11 is 0. The van der Waals surface area contributed by atoms with Gasteiger partial charge in [-0.15, -0.1) is 0 Å². The van der Waals surface area contributed by atoms with Gasteiger partial charge in [0.15, 0.2) is 0 Å². The molecule has 1 unspecified atom stereocenters. The Labute approximate surface area is 151 Å². The molecule has 0 aliphatic rings. The molecule has 2 aromatic rings. The van der Waals surface area contributed by atoms with Crippen molar-refractivity contribution in [2.24, 2.45) is 0 Å². The van der Waals surface area contributed by atoms with Crippen LogP contribution in [0.3, 0.4) is 0 Å². The minimum absolute atomic E-state index is 0.280. The van der Waals surface area contributed by atoms with Crippen molar-refractivity contribution >= 4 is 11.9 Å². The number of aliphatic carboxylic acids is 2. The summed E-state index contributed by atoms with van der Waals surface area (Å²) in [6, 6.07) is 7.67. The Hall–Kier alpha value is -2.88. The van der Waals surface area contributed by atoms with Crippen LogP contribution in [0.15, 0.2) is 34.7 Å². The molecule has 0 saturated carbocycles. The number of nitrogens with one attached hydrogen (secondary N) is 1. The van der Waals surface area contributed by atoms with Crippen LogP contribution in [-0.2, 0) is 16.1 Å². The Morgan fingerprint density at radius 2 is 1.78 bits per heavy atom. The first-order valence-corrected chi connectivity index (χ1v) is 7.54. The molecular formula is C17H17F4NO5. The first-order chi connectivity index (χ1) is 12.4. The minimum Gasteiger partial charge on any atom is -0.480 e. The molecule has 148 valence electrons. The van der Waals surface area contributed by atoms with Crippen molar-refractivity contribution in [3.8, 4) is 11.3 Å². The lowest BCUT2D eigenvalue weighted by molar-refractivity contribution is -0.192. The molecule has 1 heterocycles. The molecule has 0 spiro atoms. The Morgan fingerprint density at radius 1 is 1.19 bits per heavy atom. The van der Waals surface area contributed by atoms with E-state index in [1.165, 1.54) is 6.07 Å². The van der Waals surface area contributed by atoms with Gasteiger partial charge in [-0.3, -0.25) is 10.1 Å². The number of carboxylic acids is 2. The van der Waals surface area contributed by atoms with Crippen LogP contribution in [0.1, 0.15) is 18.2 Å². The predicted molar refractivity (Wildman–Crippen MR) is 86.5 cm³/mol. The van der Waals surface area contributed by atoms with Crippen LogP contribution in [0.25, 0.3) is 11.3 Å². The second-order valence-corrected chi connectivity index (χ2v) is 5.42. The standard InChI is InChI=1S/C15H16FNO3.C2HF3O2/c1-9-12(4-3-5-13(9)16)14-7-6-11(20-14)8-17-10(2)15(18)19;3-2(4,5)1(6)7/h3-7,10,17H,8H2,1-2H3,(H,18,19);(H,6,7). The van der Waals surface area contributed by atoms with E-state index in [1.54, 1.807) is 38.1 Å². The lowest BCUT2D eigenvalue weighted by Crippen LogP contribution is -2.32. The summed E-state index contributed by atoms with van der Waals surface area (Å²) < 4.78 is 50.8. The molecule has 27 heavy (non-hydrogen) atoms. The fourth-order valence-corrected chi connectivity index (χ4v) is 1.83. The van der Waals surface area contributed by atoms with E-state index in [9.17, 15) is 22.4 Å². The van der Waals surface area contributed by atoms with E-state index in [-0.39, 0.29) is 5.82 Å². The van der Waals surface area contributed by atoms with Crippen molar-refractivity contribution in [1.29, 1.82) is 0 Å². The van der Waals surface area contributed by atoms with Gasteiger partial charge in [-0.1, -0.05) is 12.1 Å². The first-order valence-electron chi connectivity index (χ1n) is 7.54. The molecule has 3 N–H and O–H groups in total. The van der Waals surface area contributed by atoms with E-state index in [0.717, 1.165) is 0 Å². The SMILES string of the molecule is Cc1c(F)cccc1-c1ccc(CNC(C)C(=O)O)o1.O=C(O)C(F)(F)F. The van der Waals surface area contributed by atoms with Crippen molar-refractivity contribution in [1.82, 2.24) is 5.32 Å². The molecule has 1 aromatic carbocycles. The predicted octanol–water partition coefficient (Wildman–Crippen LogP) is 3.59. The van der Waals surface area contributed by atoms with E-state index >= 15 is 0 Å². The Morgan fingerprint density at radius 3 is 2.30 bits per heavy atom. The molecule has 0 amide bonds. The van der Waals surface area contributed by atoms with Crippen molar-refractivity contribution in [3.63, 3.8) is 0 Å². The zero-order valence-corrected chi connectivity index (χ0v) is 14.3. The van der Waals surface area contributed by atoms with Crippen LogP contribution in [0.5, 0.6) is 0 Å². The van der Waals surface area contributed by atoms with Gasteiger partial charge in [0.1, 0.15) is 23.4 Å². The summed E-state index contributed by atoms with van der Waals surface area (Å²) in [5.41, 5.74) is 1.22. The molecule has 0 saturated heterocycles. The van der Waals surface area contributed by atoms with Crippen LogP contribution >= 0.6 is 0 Å². The van der Waals surface area contributed by atoms with Crippen LogP contribution in [-0.4, -0.2) is 34.4 Å². The molecule has 10 heteroatoms. The van der Waals surface area contributed by atoms with Gasteiger partial charge < -0.3 is 14.6 Å². The van der Waals surface area contributed by atoms with Gasteiger partial charge in [0.25, 0.3) is 0 Å². The van der Waals surface area contributed by atoms with E-state index in [2.05, 4.69) is 5.32 Å². The van der Waals surface area contributed by atoms with Crippen molar-refractivity contribution in [2.75, 3.05) is 0 Å². The Bertz CT molecular complexity index is 801. The average molecular weight is 391 g/mol. The zero-order chi connectivity index (χ0) is 20.8. The molecule has 1 aromatic heterocycles. The van der Waals surface area contributed by atoms with E-state index in [4.69, 9.17) is 19.4 Å². The van der Waals surface area contributed by atoms with Crippen LogP contribution in [0, 0.1) is 12.7 Å². The molecule has 0 bridgehead atoms. The highest BCUT2D eigenvalue weighted by molar-refractivity contribution is 5.73. The molecule has 6 nitrogen and oxygen atoms in total. The minimum atomic E-state index is -5.08. The number of carboxylic acid groups (broad SMARTS) is 2. The molecule has 0 fully saturated rings. The Balaban J connectivity index is 0.000000445. The third-order valence-electron chi connectivity index (χ3n) is 3.39. The van der Waals surface area contributed by atoms with Gasteiger partial charge in [0, 0.05) is 5.56 Å². The van der Waals surface area contributed by atoms with Crippen LogP contribution in [0.4, 0.5) is 17.6 Å². The number of hydrogen-bond donors (Lipinski definition) is 3. The number of rotatable bonds is 5. The summed E-state index contributed by atoms with van der Waals surface area (Å²) in [5, 5.41) is 18.7. The lowest BCUT2D eigenvalue weighted by Gasteiger charge is -2.07. The molecule has 2 rings (SSSR count). The highest BCUT2D eigenvalue weighted by Gasteiger charge is 2.38. The number of hydrogen-bond acceptors (Lipinski definition) is 4. The molecule has 0 radical (unpaired) electrons. The molecule has 0 aliphatic heterocycles. The largest absolute Gasteiger partial charge is 0.490 e. The van der Waals surface area contributed by atoms with Gasteiger partial charge >= 0.3 is 18.1 Å². The Kier molecular flexibility index (Phi) is 7.53. The smallest absolute Gasteiger partial charge is 0.480 e. The van der Waals surface area contributed by atoms with Crippen molar-refractivity contribution < 1.29 is 41.8 Å². The maximum absolute atomic E-state index is 13.5. The maximum Gasteiger partial charge on any atom is 0.490 e. The molecule has 1 atom stereocenters. The van der Waals surface area contributed by atoms with Crippen LogP contribution < -0.4 is 5.32 Å². The fourth-order valence-electron chi connectivity index (χ4n) is 1.83. The monoisotopic (exact) mass is 391 g/mol. The quantitative estimate of drug-likeness (QED) is 0.674. The van der Waals surface area contributed by atoms with E-state index in [1.807, 2.05) is 0 Å². The van der Waals surface area contributed by atoms with Gasteiger partial charge in [0.05, 0.1) is 6.54 Å². The number of halogens is 4. The first kappa shape index (κ1) is 22.2. The second kappa shape index (κ2) is 9.17. The van der Waals surface area contributed by atoms with E-state index in [0.29, 0.717) is 29.2 Å². The number of carbonyl (C=O) groups is 2. The summed E-state index contributed by atoms with van der Waals surface area (Å²) in [7, 11) is 0. The highest BCUT2D eigenvalue weighted by atomic mass is 19.4. The lowest BCUT2D eigenvalue weighted by atomic mass is 10.1. The number of alkyl halides is 3. The van der Waals surface area contributed by atoms with Gasteiger partial charge in [-0.25, -0.2) is 9.18 Å². The van der Waals surface area contributed by atoms with Gasteiger partial charge in [-0.2, -0.15) is 13.2 Å². The summed E-state index contributed by atoms with van der Waals surface area (Å²) in [4.78, 5) is 19.6. The molecular weight excluding hydrogens is 374 g/mol. The van der Waals surface area contributed by atoms with Gasteiger partial charge in [0.2, 0.25) is 0 Å². The third-order valence-corrected chi connectivity index (χ3v) is 3.39. The summed E-state index contributed by atoms with van der Waals surface area (Å²) in [6.07, 6.45) is -5.08. The second-order valence-electron chi connectivity index (χ2n) is 5.42. The summed E-state index contributed by atoms with van der Waals surface area (Å²) in [6.45, 7) is 3.56. The van der Waals surface area contributed by atoms with Crippen LogP contribution in [0.2, 0.25) is 0 Å².